The van der Waals surface area contributed by atoms with E-state index in [9.17, 15) is 0 Å². The smallest absolute Gasteiger partial charge is 0.135 e. The van der Waals surface area contributed by atoms with E-state index in [1.807, 2.05) is 0 Å². The van der Waals surface area contributed by atoms with Crippen LogP contribution in [0, 0.1) is 0 Å². The molecular weight excluding hydrogens is 653 g/mol. The molecule has 0 saturated carbocycles. The summed E-state index contributed by atoms with van der Waals surface area (Å²) in [5, 5.41) is 4.92. The van der Waals surface area contributed by atoms with Crippen molar-refractivity contribution >= 4 is 21.5 Å². The molecule has 54 heavy (non-hydrogen) atoms. The first-order chi connectivity index (χ1) is 26.5. The molecule has 1 heterocycles. The fourth-order valence-electron chi connectivity index (χ4n) is 9.27. The molecule has 0 fully saturated rings. The second-order valence-corrected chi connectivity index (χ2v) is 15.2. The second kappa shape index (κ2) is 11.7. The van der Waals surface area contributed by atoms with Crippen molar-refractivity contribution in [2.75, 3.05) is 0 Å². The molecule has 2 aliphatic rings. The zero-order chi connectivity index (χ0) is 36.0. The highest BCUT2D eigenvalue weighted by Crippen LogP contribution is 2.54. The normalized spacial score (nSPS) is 13.3. The molecular formula is C53H36O. The van der Waals surface area contributed by atoms with Gasteiger partial charge >= 0.3 is 0 Å². The summed E-state index contributed by atoms with van der Waals surface area (Å²) in [7, 11) is 0. The topological polar surface area (TPSA) is 9.23 Å². The summed E-state index contributed by atoms with van der Waals surface area (Å²) in [5.74, 6) is 1.79. The summed E-state index contributed by atoms with van der Waals surface area (Å²) < 4.78 is 6.64. The maximum absolute atomic E-state index is 6.64. The molecule has 1 heteroatoms. The number of ether oxygens (including phenoxy) is 1. The first kappa shape index (κ1) is 30.9. The largest absolute Gasteiger partial charge is 0.456 e. The summed E-state index contributed by atoms with van der Waals surface area (Å²) in [5.41, 5.74) is 17.4. The van der Waals surface area contributed by atoms with E-state index in [0.717, 1.165) is 22.4 Å². The Morgan fingerprint density at radius 1 is 0.333 bits per heavy atom. The van der Waals surface area contributed by atoms with Crippen molar-refractivity contribution in [1.82, 2.24) is 0 Å². The van der Waals surface area contributed by atoms with Crippen LogP contribution < -0.4 is 4.74 Å². The molecule has 0 radical (unpaired) electrons. The number of hydrogen-bond acceptors (Lipinski definition) is 1. The van der Waals surface area contributed by atoms with Gasteiger partial charge in [0.25, 0.3) is 0 Å². The molecule has 11 rings (SSSR count). The molecule has 9 aromatic rings. The van der Waals surface area contributed by atoms with Crippen LogP contribution in [0.25, 0.3) is 88.3 Å². The zero-order valence-corrected chi connectivity index (χ0v) is 30.2. The lowest BCUT2D eigenvalue weighted by Gasteiger charge is -2.24. The van der Waals surface area contributed by atoms with Crippen LogP contribution in [0.5, 0.6) is 11.5 Å². The van der Waals surface area contributed by atoms with Crippen LogP contribution in [-0.4, -0.2) is 0 Å². The Balaban J connectivity index is 1.14. The number of hydrogen-bond donors (Lipinski definition) is 0. The van der Waals surface area contributed by atoms with Crippen molar-refractivity contribution < 1.29 is 4.74 Å². The van der Waals surface area contributed by atoms with Gasteiger partial charge in [-0.25, -0.2) is 0 Å². The monoisotopic (exact) mass is 688 g/mol. The molecule has 0 amide bonds. The van der Waals surface area contributed by atoms with Gasteiger partial charge in [0.1, 0.15) is 11.5 Å². The number of fused-ring (bicyclic) bond motifs is 7. The standard InChI is InChI=1S/C53H36O/c1-53(2)47-23-12-11-20-43(47)51-41-19-10-9-18-39(41)45(32-48(51)53)44-31-36(24-26-37(44)34-16-7-4-8-17-34)38-27-29-50-52-40(38)21-13-22-42(52)46-30-35(25-28-49(46)54-50)33-14-5-3-6-15-33/h3-32H,1-2H3. The van der Waals surface area contributed by atoms with E-state index in [0.29, 0.717) is 0 Å². The van der Waals surface area contributed by atoms with E-state index in [1.54, 1.807) is 0 Å². The molecule has 1 aliphatic carbocycles. The molecule has 0 spiro atoms. The van der Waals surface area contributed by atoms with Gasteiger partial charge in [-0.15, -0.1) is 0 Å². The van der Waals surface area contributed by atoms with Crippen molar-refractivity contribution in [3.63, 3.8) is 0 Å². The zero-order valence-electron chi connectivity index (χ0n) is 30.2. The van der Waals surface area contributed by atoms with E-state index in [4.69, 9.17) is 4.74 Å². The van der Waals surface area contributed by atoms with Crippen LogP contribution in [0.4, 0.5) is 0 Å². The van der Waals surface area contributed by atoms with Crippen molar-refractivity contribution in [1.29, 1.82) is 0 Å². The maximum Gasteiger partial charge on any atom is 0.135 e. The second-order valence-electron chi connectivity index (χ2n) is 15.2. The highest BCUT2D eigenvalue weighted by molar-refractivity contribution is 6.13. The first-order valence-electron chi connectivity index (χ1n) is 18.8. The van der Waals surface area contributed by atoms with Crippen molar-refractivity contribution in [2.24, 2.45) is 0 Å². The Bertz CT molecular complexity index is 2970. The highest BCUT2D eigenvalue weighted by atomic mass is 16.5. The molecule has 1 aliphatic heterocycles. The van der Waals surface area contributed by atoms with Gasteiger partial charge < -0.3 is 4.74 Å². The van der Waals surface area contributed by atoms with Crippen LogP contribution in [-0.2, 0) is 5.41 Å². The predicted octanol–water partition coefficient (Wildman–Crippen LogP) is 14.7. The predicted molar refractivity (Wildman–Crippen MR) is 226 cm³/mol. The minimum absolute atomic E-state index is 0.123. The summed E-state index contributed by atoms with van der Waals surface area (Å²) in [6.07, 6.45) is 0. The Morgan fingerprint density at radius 3 is 1.80 bits per heavy atom. The molecule has 0 aromatic heterocycles. The van der Waals surface area contributed by atoms with Gasteiger partial charge in [-0.1, -0.05) is 166 Å². The van der Waals surface area contributed by atoms with Gasteiger partial charge in [0, 0.05) is 16.4 Å². The number of rotatable bonds is 4. The Morgan fingerprint density at radius 2 is 0.963 bits per heavy atom. The molecule has 254 valence electrons. The highest BCUT2D eigenvalue weighted by Gasteiger charge is 2.37. The average Bonchev–Trinajstić information content (AvgIpc) is 3.47. The maximum atomic E-state index is 6.64. The van der Waals surface area contributed by atoms with Gasteiger partial charge in [-0.2, -0.15) is 0 Å². The molecule has 0 N–H and O–H groups in total. The third-order valence-electron chi connectivity index (χ3n) is 11.9. The van der Waals surface area contributed by atoms with Crippen LogP contribution in [0.3, 0.4) is 0 Å². The summed E-state index contributed by atoms with van der Waals surface area (Å²) in [6.45, 7) is 4.76. The van der Waals surface area contributed by atoms with Gasteiger partial charge in [0.2, 0.25) is 0 Å². The Labute approximate surface area is 315 Å². The van der Waals surface area contributed by atoms with Crippen molar-refractivity contribution in [3.8, 4) is 78.3 Å². The van der Waals surface area contributed by atoms with Crippen LogP contribution in [0.15, 0.2) is 182 Å². The third-order valence-corrected chi connectivity index (χ3v) is 11.9. The summed E-state index contributed by atoms with van der Waals surface area (Å²) >= 11 is 0. The van der Waals surface area contributed by atoms with Gasteiger partial charge in [0.05, 0.1) is 0 Å². The van der Waals surface area contributed by atoms with E-state index in [-0.39, 0.29) is 5.41 Å². The quantitative estimate of drug-likeness (QED) is 0.179. The molecule has 0 unspecified atom stereocenters. The number of benzene rings is 9. The lowest BCUT2D eigenvalue weighted by molar-refractivity contribution is 0.487. The lowest BCUT2D eigenvalue weighted by Crippen LogP contribution is -2.15. The third kappa shape index (κ3) is 4.52. The van der Waals surface area contributed by atoms with E-state index in [2.05, 4.69) is 196 Å². The van der Waals surface area contributed by atoms with Gasteiger partial charge in [-0.05, 0) is 119 Å². The summed E-state index contributed by atoms with van der Waals surface area (Å²) in [4.78, 5) is 0. The molecule has 0 bridgehead atoms. The van der Waals surface area contributed by atoms with Gasteiger partial charge in [-0.3, -0.25) is 0 Å². The minimum atomic E-state index is -0.123. The minimum Gasteiger partial charge on any atom is -0.456 e. The summed E-state index contributed by atoms with van der Waals surface area (Å²) in [6, 6.07) is 66.6. The Kier molecular flexibility index (Phi) is 6.66. The first-order valence-corrected chi connectivity index (χ1v) is 18.8. The molecule has 0 saturated heterocycles. The van der Waals surface area contributed by atoms with Crippen LogP contribution in [0.2, 0.25) is 0 Å². The van der Waals surface area contributed by atoms with Crippen molar-refractivity contribution in [3.05, 3.63) is 193 Å². The lowest BCUT2D eigenvalue weighted by atomic mass is 9.79. The molecule has 0 atom stereocenters. The molecule has 9 aromatic carbocycles. The van der Waals surface area contributed by atoms with E-state index >= 15 is 0 Å². The van der Waals surface area contributed by atoms with Crippen LogP contribution in [0.1, 0.15) is 25.0 Å². The molecule has 1 nitrogen and oxygen atoms in total. The Hall–Kier alpha value is -6.70. The van der Waals surface area contributed by atoms with E-state index < -0.39 is 0 Å². The van der Waals surface area contributed by atoms with Crippen LogP contribution >= 0.6 is 0 Å². The van der Waals surface area contributed by atoms with Gasteiger partial charge in [0.15, 0.2) is 0 Å². The van der Waals surface area contributed by atoms with Crippen molar-refractivity contribution in [2.45, 2.75) is 19.3 Å². The SMILES string of the molecule is CC1(C)c2ccccc2-c2c1cc(-c1cc(-c3ccc4c5c(cccc35)-c3cc(-c5ccccc5)ccc3O4)ccc1-c1ccccc1)c1ccccc21. The fraction of sp³-hybridized carbons (Fsp3) is 0.0566. The average molecular weight is 689 g/mol. The fourth-order valence-corrected chi connectivity index (χ4v) is 9.27. The van der Waals surface area contributed by atoms with E-state index in [1.165, 1.54) is 88.5 Å².